The molecule has 1 fully saturated rings. The van der Waals surface area contributed by atoms with Gasteiger partial charge in [0.2, 0.25) is 0 Å². The highest BCUT2D eigenvalue weighted by molar-refractivity contribution is 5.01. The van der Waals surface area contributed by atoms with Gasteiger partial charge in [-0.15, -0.1) is 10.2 Å². The Balaban J connectivity index is 1.90. The van der Waals surface area contributed by atoms with E-state index >= 15 is 0 Å². The molecule has 0 atom stereocenters. The third-order valence-corrected chi connectivity index (χ3v) is 2.02. The Morgan fingerprint density at radius 2 is 2.08 bits per heavy atom. The van der Waals surface area contributed by atoms with Crippen LogP contribution in [0.5, 0.6) is 5.88 Å². The average molecular weight is 180 g/mol. The second-order valence-corrected chi connectivity index (χ2v) is 3.04. The first-order valence-electron chi connectivity index (χ1n) is 4.52. The number of nitrogens with zero attached hydrogens (tertiary/aromatic N) is 4. The predicted octanol–water partition coefficient (Wildman–Crippen LogP) is 0.651. The molecule has 1 saturated heterocycles. The number of hydrogen-bond donors (Lipinski definition) is 0. The van der Waals surface area contributed by atoms with Gasteiger partial charge in [0.05, 0.1) is 6.20 Å². The molecule has 1 aromatic heterocycles. The lowest BCUT2D eigenvalue weighted by molar-refractivity contribution is -0.0767. The molecule has 5 heteroatoms. The fourth-order valence-electron chi connectivity index (χ4n) is 1.37. The van der Waals surface area contributed by atoms with Gasteiger partial charge in [0.25, 0.3) is 5.88 Å². The van der Waals surface area contributed by atoms with Crippen LogP contribution in [-0.2, 0) is 0 Å². The summed E-state index contributed by atoms with van der Waals surface area (Å²) in [6.07, 6.45) is 5.26. The van der Waals surface area contributed by atoms with Crippen LogP contribution in [0.3, 0.4) is 0 Å². The van der Waals surface area contributed by atoms with E-state index in [0.717, 1.165) is 13.1 Å². The summed E-state index contributed by atoms with van der Waals surface area (Å²) in [4.78, 5) is 5.48. The maximum absolute atomic E-state index is 5.48. The quantitative estimate of drug-likeness (QED) is 0.668. The van der Waals surface area contributed by atoms with Gasteiger partial charge in [-0.05, 0) is 18.1 Å². The SMILES string of the molecule is c1cc(ON2CCCCC2)nnn1. The molecule has 13 heavy (non-hydrogen) atoms. The van der Waals surface area contributed by atoms with Crippen molar-refractivity contribution in [3.05, 3.63) is 12.3 Å². The smallest absolute Gasteiger partial charge is 0.260 e. The van der Waals surface area contributed by atoms with Gasteiger partial charge in [0.15, 0.2) is 0 Å². The highest BCUT2D eigenvalue weighted by Crippen LogP contribution is 2.11. The van der Waals surface area contributed by atoms with Crippen LogP contribution in [0.1, 0.15) is 19.3 Å². The Hall–Kier alpha value is -1.23. The summed E-state index contributed by atoms with van der Waals surface area (Å²) in [5, 5.41) is 12.7. The molecule has 0 amide bonds. The number of piperidine rings is 1. The van der Waals surface area contributed by atoms with Crippen LogP contribution in [-0.4, -0.2) is 33.6 Å². The third kappa shape index (κ3) is 2.35. The number of rotatable bonds is 2. The van der Waals surface area contributed by atoms with Crippen LogP contribution < -0.4 is 4.84 Å². The van der Waals surface area contributed by atoms with E-state index in [-0.39, 0.29) is 0 Å². The number of hydroxylamine groups is 2. The lowest BCUT2D eigenvalue weighted by Crippen LogP contribution is -2.33. The monoisotopic (exact) mass is 180 g/mol. The van der Waals surface area contributed by atoms with E-state index in [1.54, 1.807) is 12.3 Å². The molecule has 1 aliphatic heterocycles. The Labute approximate surface area is 76.7 Å². The molecule has 0 unspecified atom stereocenters. The van der Waals surface area contributed by atoms with Crippen molar-refractivity contribution in [2.24, 2.45) is 0 Å². The zero-order valence-corrected chi connectivity index (χ0v) is 7.39. The molecule has 70 valence electrons. The van der Waals surface area contributed by atoms with Crippen LogP contribution in [0.4, 0.5) is 0 Å². The van der Waals surface area contributed by atoms with Gasteiger partial charge in [0, 0.05) is 19.2 Å². The van der Waals surface area contributed by atoms with Crippen LogP contribution in [0, 0.1) is 0 Å². The molecule has 5 nitrogen and oxygen atoms in total. The van der Waals surface area contributed by atoms with Crippen molar-refractivity contribution in [1.29, 1.82) is 0 Å². The zero-order chi connectivity index (χ0) is 8.93. The van der Waals surface area contributed by atoms with Crippen molar-refractivity contribution >= 4 is 0 Å². The zero-order valence-electron chi connectivity index (χ0n) is 7.39. The van der Waals surface area contributed by atoms with Gasteiger partial charge in [-0.25, -0.2) is 0 Å². The number of aromatic nitrogens is 3. The van der Waals surface area contributed by atoms with Crippen LogP contribution in [0.2, 0.25) is 0 Å². The summed E-state index contributed by atoms with van der Waals surface area (Å²) in [5.41, 5.74) is 0. The minimum Gasteiger partial charge on any atom is -0.384 e. The Morgan fingerprint density at radius 1 is 1.23 bits per heavy atom. The highest BCUT2D eigenvalue weighted by atomic mass is 16.7. The van der Waals surface area contributed by atoms with Crippen molar-refractivity contribution < 1.29 is 4.84 Å². The van der Waals surface area contributed by atoms with E-state index in [1.807, 2.05) is 5.06 Å². The largest absolute Gasteiger partial charge is 0.384 e. The lowest BCUT2D eigenvalue weighted by Gasteiger charge is -2.24. The summed E-state index contributed by atoms with van der Waals surface area (Å²) in [5.74, 6) is 0.525. The Bertz CT molecular complexity index is 248. The van der Waals surface area contributed by atoms with Crippen molar-refractivity contribution in [3.8, 4) is 5.88 Å². The summed E-state index contributed by atoms with van der Waals surface area (Å²) < 4.78 is 0. The van der Waals surface area contributed by atoms with E-state index in [9.17, 15) is 0 Å². The van der Waals surface area contributed by atoms with Gasteiger partial charge >= 0.3 is 0 Å². The molecule has 0 aromatic carbocycles. The molecular weight excluding hydrogens is 168 g/mol. The van der Waals surface area contributed by atoms with E-state index in [4.69, 9.17) is 4.84 Å². The molecule has 0 spiro atoms. The maximum Gasteiger partial charge on any atom is 0.260 e. The van der Waals surface area contributed by atoms with Gasteiger partial charge in [-0.2, -0.15) is 0 Å². The maximum atomic E-state index is 5.48. The normalized spacial score (nSPS) is 18.5. The Morgan fingerprint density at radius 3 is 2.77 bits per heavy atom. The van der Waals surface area contributed by atoms with Crippen molar-refractivity contribution in [1.82, 2.24) is 20.5 Å². The first kappa shape index (κ1) is 8.37. The molecule has 1 aliphatic rings. The standard InChI is InChI=1S/C8H12N4O/c1-2-6-12(7-3-1)13-8-4-5-9-11-10-8/h4-5H,1-3,6-7H2. The summed E-state index contributed by atoms with van der Waals surface area (Å²) in [6.45, 7) is 1.95. The lowest BCUT2D eigenvalue weighted by atomic mass is 10.2. The summed E-state index contributed by atoms with van der Waals surface area (Å²) in [7, 11) is 0. The van der Waals surface area contributed by atoms with Crippen molar-refractivity contribution in [3.63, 3.8) is 0 Å². The van der Waals surface area contributed by atoms with Crippen molar-refractivity contribution in [2.75, 3.05) is 13.1 Å². The van der Waals surface area contributed by atoms with Gasteiger partial charge in [0.1, 0.15) is 0 Å². The number of hydrogen-bond acceptors (Lipinski definition) is 5. The molecule has 0 N–H and O–H groups in total. The van der Waals surface area contributed by atoms with Gasteiger partial charge in [-0.1, -0.05) is 11.5 Å². The topological polar surface area (TPSA) is 51.1 Å². The van der Waals surface area contributed by atoms with E-state index in [0.29, 0.717) is 5.88 Å². The molecule has 2 rings (SSSR count). The van der Waals surface area contributed by atoms with Crippen LogP contribution >= 0.6 is 0 Å². The van der Waals surface area contributed by atoms with Gasteiger partial charge < -0.3 is 4.84 Å². The first-order chi connectivity index (χ1) is 6.45. The van der Waals surface area contributed by atoms with Crippen LogP contribution in [0.25, 0.3) is 0 Å². The highest BCUT2D eigenvalue weighted by Gasteiger charge is 2.11. The average Bonchev–Trinajstić information content (AvgIpc) is 2.21. The van der Waals surface area contributed by atoms with E-state index in [1.165, 1.54) is 19.3 Å². The summed E-state index contributed by atoms with van der Waals surface area (Å²) >= 11 is 0. The molecular formula is C8H12N4O. The van der Waals surface area contributed by atoms with E-state index < -0.39 is 0 Å². The third-order valence-electron chi connectivity index (χ3n) is 2.02. The van der Waals surface area contributed by atoms with Crippen molar-refractivity contribution in [2.45, 2.75) is 19.3 Å². The minimum atomic E-state index is 0.525. The Kier molecular flexibility index (Phi) is 2.66. The molecule has 1 aromatic rings. The second-order valence-electron chi connectivity index (χ2n) is 3.04. The molecule has 0 aliphatic carbocycles. The molecule has 0 radical (unpaired) electrons. The summed E-state index contributed by atoms with van der Waals surface area (Å²) in [6, 6.07) is 1.71. The second kappa shape index (κ2) is 4.13. The van der Waals surface area contributed by atoms with E-state index in [2.05, 4.69) is 15.4 Å². The fourth-order valence-corrected chi connectivity index (χ4v) is 1.37. The molecule has 0 bridgehead atoms. The fraction of sp³-hybridized carbons (Fsp3) is 0.625. The minimum absolute atomic E-state index is 0.525. The van der Waals surface area contributed by atoms with Crippen LogP contribution in [0.15, 0.2) is 12.3 Å². The first-order valence-corrected chi connectivity index (χ1v) is 4.52. The molecule has 0 saturated carbocycles. The van der Waals surface area contributed by atoms with Gasteiger partial charge in [-0.3, -0.25) is 0 Å². The predicted molar refractivity (Wildman–Crippen MR) is 45.9 cm³/mol. The molecule has 2 heterocycles.